The molecule has 0 spiro atoms. The topological polar surface area (TPSA) is 113 Å². The lowest BCUT2D eigenvalue weighted by molar-refractivity contribution is -0.137. The van der Waals surface area contributed by atoms with Gasteiger partial charge in [-0.3, -0.25) is 9.59 Å². The van der Waals surface area contributed by atoms with Gasteiger partial charge in [0.2, 0.25) is 15.9 Å². The van der Waals surface area contributed by atoms with Gasteiger partial charge >= 0.3 is 5.97 Å². The maximum atomic E-state index is 12.9. The number of aliphatic carboxylic acids is 1. The number of carbonyl (C=O) groups excluding carboxylic acids is 1. The number of rotatable bonds is 6. The van der Waals surface area contributed by atoms with Crippen molar-refractivity contribution in [2.75, 3.05) is 13.1 Å². The summed E-state index contributed by atoms with van der Waals surface area (Å²) in [4.78, 5) is 21.3. The van der Waals surface area contributed by atoms with E-state index in [4.69, 9.17) is 5.11 Å². The average Bonchev–Trinajstić information content (AvgIpc) is 2.33. The van der Waals surface area contributed by atoms with Crippen molar-refractivity contribution in [3.8, 4) is 0 Å². The monoisotopic (exact) mass is 304 g/mol. The molecule has 1 aromatic rings. The fourth-order valence-corrected chi connectivity index (χ4v) is 2.60. The van der Waals surface area contributed by atoms with Crippen molar-refractivity contribution in [2.45, 2.75) is 11.8 Å². The van der Waals surface area contributed by atoms with Crippen molar-refractivity contribution in [3.05, 3.63) is 29.6 Å². The molecule has 3 N–H and O–H groups in total. The van der Waals surface area contributed by atoms with Crippen LogP contribution in [0.15, 0.2) is 23.1 Å². The number of amides is 1. The fourth-order valence-electron chi connectivity index (χ4n) is 1.39. The van der Waals surface area contributed by atoms with E-state index in [1.165, 1.54) is 6.92 Å². The van der Waals surface area contributed by atoms with E-state index in [9.17, 15) is 22.4 Å². The average molecular weight is 304 g/mol. The Balaban J connectivity index is 2.71. The summed E-state index contributed by atoms with van der Waals surface area (Å²) >= 11 is 0. The van der Waals surface area contributed by atoms with Crippen LogP contribution < -0.4 is 10.0 Å². The molecule has 1 aromatic carbocycles. The van der Waals surface area contributed by atoms with Crippen LogP contribution in [0.25, 0.3) is 0 Å². The third-order valence-corrected chi connectivity index (χ3v) is 3.85. The second kappa shape index (κ2) is 6.44. The lowest BCUT2D eigenvalue weighted by atomic mass is 10.2. The quantitative estimate of drug-likeness (QED) is 0.663. The van der Waals surface area contributed by atoms with E-state index in [0.717, 1.165) is 18.2 Å². The number of carboxylic acids is 1. The summed E-state index contributed by atoms with van der Waals surface area (Å²) in [6.07, 6.45) is 0. The minimum Gasteiger partial charge on any atom is -0.480 e. The molecule has 0 atom stereocenters. The van der Waals surface area contributed by atoms with E-state index in [-0.39, 0.29) is 10.5 Å². The number of sulfonamides is 1. The third kappa shape index (κ3) is 4.59. The molecular weight excluding hydrogens is 291 g/mol. The second-order valence-corrected chi connectivity index (χ2v) is 5.64. The van der Waals surface area contributed by atoms with Gasteiger partial charge in [-0.2, -0.15) is 0 Å². The molecule has 1 rings (SSSR count). The molecule has 0 aliphatic carbocycles. The van der Waals surface area contributed by atoms with Crippen LogP contribution in [0.2, 0.25) is 0 Å². The van der Waals surface area contributed by atoms with Crippen molar-refractivity contribution in [1.82, 2.24) is 10.0 Å². The molecule has 0 fully saturated rings. The van der Waals surface area contributed by atoms with Crippen molar-refractivity contribution in [1.29, 1.82) is 0 Å². The van der Waals surface area contributed by atoms with Crippen LogP contribution in [0.3, 0.4) is 0 Å². The molecule has 1 amide bonds. The van der Waals surface area contributed by atoms with Crippen molar-refractivity contribution in [3.63, 3.8) is 0 Å². The zero-order valence-electron chi connectivity index (χ0n) is 10.5. The standard InChI is InChI=1S/C11H13FN2O5S/c1-7-4-8(12)2-3-9(7)20(18,19)14-5-10(15)13-6-11(16)17/h2-4,14H,5-6H2,1H3,(H,13,15)(H,16,17). The van der Waals surface area contributed by atoms with E-state index >= 15 is 0 Å². The molecule has 0 heterocycles. The van der Waals surface area contributed by atoms with E-state index in [2.05, 4.69) is 0 Å². The number of benzene rings is 1. The van der Waals surface area contributed by atoms with Gasteiger partial charge in [-0.05, 0) is 30.7 Å². The number of carbonyl (C=O) groups is 2. The Morgan fingerprint density at radius 2 is 1.95 bits per heavy atom. The normalized spacial score (nSPS) is 11.1. The van der Waals surface area contributed by atoms with Crippen LogP contribution in [0.5, 0.6) is 0 Å². The lowest BCUT2D eigenvalue weighted by Gasteiger charge is -2.09. The zero-order valence-corrected chi connectivity index (χ0v) is 11.3. The van der Waals surface area contributed by atoms with Gasteiger partial charge in [-0.15, -0.1) is 0 Å². The number of carboxylic acid groups (broad SMARTS) is 1. The van der Waals surface area contributed by atoms with Gasteiger partial charge in [0.05, 0.1) is 11.4 Å². The van der Waals surface area contributed by atoms with Gasteiger partial charge in [0.25, 0.3) is 0 Å². The van der Waals surface area contributed by atoms with Crippen molar-refractivity contribution < 1.29 is 27.5 Å². The van der Waals surface area contributed by atoms with Gasteiger partial charge in [-0.25, -0.2) is 17.5 Å². The molecular formula is C11H13FN2O5S. The summed E-state index contributed by atoms with van der Waals surface area (Å²) < 4.78 is 38.6. The summed E-state index contributed by atoms with van der Waals surface area (Å²) in [6, 6.07) is 3.13. The van der Waals surface area contributed by atoms with Crippen molar-refractivity contribution in [2.24, 2.45) is 0 Å². The number of nitrogens with one attached hydrogen (secondary N) is 2. The fraction of sp³-hybridized carbons (Fsp3) is 0.273. The van der Waals surface area contributed by atoms with Gasteiger partial charge in [0.1, 0.15) is 12.4 Å². The molecule has 0 saturated heterocycles. The number of hydrogen-bond acceptors (Lipinski definition) is 4. The van der Waals surface area contributed by atoms with E-state index in [0.29, 0.717) is 0 Å². The first-order chi connectivity index (χ1) is 9.22. The minimum absolute atomic E-state index is 0.148. The summed E-state index contributed by atoms with van der Waals surface area (Å²) in [5.41, 5.74) is 0.198. The summed E-state index contributed by atoms with van der Waals surface area (Å²) in [5.74, 6) is -2.59. The smallest absolute Gasteiger partial charge is 0.322 e. The van der Waals surface area contributed by atoms with Crippen molar-refractivity contribution >= 4 is 21.9 Å². The number of halogens is 1. The summed E-state index contributed by atoms with van der Waals surface area (Å²) in [5, 5.41) is 10.3. The van der Waals surface area contributed by atoms with Crippen LogP contribution >= 0.6 is 0 Å². The first kappa shape index (κ1) is 16.1. The highest BCUT2D eigenvalue weighted by atomic mass is 32.2. The highest BCUT2D eigenvalue weighted by Gasteiger charge is 2.18. The van der Waals surface area contributed by atoms with E-state index in [1.807, 2.05) is 10.0 Å². The maximum absolute atomic E-state index is 12.9. The Morgan fingerprint density at radius 3 is 2.50 bits per heavy atom. The molecule has 9 heteroatoms. The van der Waals surface area contributed by atoms with Gasteiger partial charge in [0, 0.05) is 0 Å². The van der Waals surface area contributed by atoms with Gasteiger partial charge in [0.15, 0.2) is 0 Å². The molecule has 0 radical (unpaired) electrons. The Morgan fingerprint density at radius 1 is 1.30 bits per heavy atom. The Labute approximate surface area is 114 Å². The molecule has 0 aromatic heterocycles. The second-order valence-electron chi connectivity index (χ2n) is 3.90. The molecule has 7 nitrogen and oxygen atoms in total. The predicted molar refractivity (Wildman–Crippen MR) is 67.0 cm³/mol. The maximum Gasteiger partial charge on any atom is 0.322 e. The van der Waals surface area contributed by atoms with E-state index in [1.54, 1.807) is 0 Å². The third-order valence-electron chi connectivity index (χ3n) is 2.29. The highest BCUT2D eigenvalue weighted by Crippen LogP contribution is 2.15. The number of aryl methyl sites for hydroxylation is 1. The van der Waals surface area contributed by atoms with Crippen LogP contribution in [0, 0.1) is 12.7 Å². The Bertz CT molecular complexity index is 630. The van der Waals surface area contributed by atoms with Crippen LogP contribution in [0.4, 0.5) is 4.39 Å². The molecule has 0 unspecified atom stereocenters. The highest BCUT2D eigenvalue weighted by molar-refractivity contribution is 7.89. The molecule has 0 saturated carbocycles. The minimum atomic E-state index is -3.97. The molecule has 20 heavy (non-hydrogen) atoms. The van der Waals surface area contributed by atoms with Gasteiger partial charge in [-0.1, -0.05) is 0 Å². The van der Waals surface area contributed by atoms with Gasteiger partial charge < -0.3 is 10.4 Å². The lowest BCUT2D eigenvalue weighted by Crippen LogP contribution is -2.39. The molecule has 0 bridgehead atoms. The van der Waals surface area contributed by atoms with Crippen LogP contribution in [0.1, 0.15) is 5.56 Å². The molecule has 0 aliphatic rings. The summed E-state index contributed by atoms with van der Waals surface area (Å²) in [6.45, 7) is 0.213. The SMILES string of the molecule is Cc1cc(F)ccc1S(=O)(=O)NCC(=O)NCC(=O)O. The first-order valence-electron chi connectivity index (χ1n) is 5.46. The molecule has 110 valence electrons. The zero-order chi connectivity index (χ0) is 15.3. The molecule has 0 aliphatic heterocycles. The Hall–Kier alpha value is -2.00. The van der Waals surface area contributed by atoms with Crippen LogP contribution in [-0.4, -0.2) is 38.5 Å². The predicted octanol–water partition coefficient (Wildman–Crippen LogP) is -0.387. The van der Waals surface area contributed by atoms with E-state index < -0.39 is 40.8 Å². The summed E-state index contributed by atoms with van der Waals surface area (Å²) in [7, 11) is -3.97. The van der Waals surface area contributed by atoms with Crippen LogP contribution in [-0.2, 0) is 19.6 Å². The first-order valence-corrected chi connectivity index (χ1v) is 6.95. The number of hydrogen-bond donors (Lipinski definition) is 3. The largest absolute Gasteiger partial charge is 0.480 e. The Kier molecular flexibility index (Phi) is 5.17.